The molecule has 0 aromatic heterocycles. The predicted molar refractivity (Wildman–Crippen MR) is 99.3 cm³/mol. The van der Waals surface area contributed by atoms with Gasteiger partial charge in [-0.25, -0.2) is 4.79 Å². The molecule has 0 aliphatic carbocycles. The number of hydrogen-bond acceptors (Lipinski definition) is 4. The fourth-order valence-electron chi connectivity index (χ4n) is 2.67. The average molecular weight is 422 g/mol. The zero-order chi connectivity index (χ0) is 21.1. The standard InChI is InChI=1S/C18H23ClF3N3O3/c1-17(2,3)28-16(27)25-8-6-24(7-9-25)11-15(26)23-14-5-4-12(19)10-13(14)18(20,21)22/h4-5,10H,6-9,11H2,1-3H3,(H,23,26). The molecule has 28 heavy (non-hydrogen) atoms. The number of alkyl halides is 3. The smallest absolute Gasteiger partial charge is 0.418 e. The normalized spacial score (nSPS) is 16.0. The van der Waals surface area contributed by atoms with Crippen LogP contribution in [0.4, 0.5) is 23.7 Å². The summed E-state index contributed by atoms with van der Waals surface area (Å²) in [5.74, 6) is -0.571. The first-order chi connectivity index (χ1) is 12.8. The molecule has 1 heterocycles. The molecule has 0 unspecified atom stereocenters. The van der Waals surface area contributed by atoms with E-state index in [0.717, 1.165) is 12.1 Å². The highest BCUT2D eigenvalue weighted by atomic mass is 35.5. The number of carbonyl (C=O) groups is 2. The Morgan fingerprint density at radius 1 is 1.14 bits per heavy atom. The molecule has 0 saturated carbocycles. The second-order valence-corrected chi connectivity index (χ2v) is 7.92. The van der Waals surface area contributed by atoms with Gasteiger partial charge in [-0.3, -0.25) is 9.69 Å². The molecule has 10 heteroatoms. The molecule has 1 N–H and O–H groups in total. The van der Waals surface area contributed by atoms with Crippen LogP contribution in [0.25, 0.3) is 0 Å². The van der Waals surface area contributed by atoms with Crippen LogP contribution in [0.5, 0.6) is 0 Å². The van der Waals surface area contributed by atoms with E-state index in [1.54, 1.807) is 30.6 Å². The number of rotatable bonds is 3. The lowest BCUT2D eigenvalue weighted by Crippen LogP contribution is -2.51. The molecule has 1 aromatic rings. The Bertz CT molecular complexity index is 727. The Morgan fingerprint density at radius 3 is 2.29 bits per heavy atom. The molecular formula is C18H23ClF3N3O3. The molecule has 6 nitrogen and oxygen atoms in total. The van der Waals surface area contributed by atoms with E-state index in [-0.39, 0.29) is 17.3 Å². The van der Waals surface area contributed by atoms with Gasteiger partial charge in [0.15, 0.2) is 0 Å². The average Bonchev–Trinajstić information content (AvgIpc) is 2.54. The molecule has 1 saturated heterocycles. The van der Waals surface area contributed by atoms with E-state index in [1.807, 2.05) is 0 Å². The molecule has 0 radical (unpaired) electrons. The highest BCUT2D eigenvalue weighted by Gasteiger charge is 2.34. The first-order valence-corrected chi connectivity index (χ1v) is 9.10. The maximum absolute atomic E-state index is 13.1. The number of benzene rings is 1. The molecule has 1 aliphatic rings. The van der Waals surface area contributed by atoms with Crippen molar-refractivity contribution in [3.63, 3.8) is 0 Å². The maximum Gasteiger partial charge on any atom is 0.418 e. The minimum atomic E-state index is -4.63. The van der Waals surface area contributed by atoms with Crippen LogP contribution in [0.15, 0.2) is 18.2 Å². The van der Waals surface area contributed by atoms with E-state index in [9.17, 15) is 22.8 Å². The predicted octanol–water partition coefficient (Wildman–Crippen LogP) is 3.85. The highest BCUT2D eigenvalue weighted by molar-refractivity contribution is 6.30. The highest BCUT2D eigenvalue weighted by Crippen LogP contribution is 2.36. The summed E-state index contributed by atoms with van der Waals surface area (Å²) in [5.41, 5.74) is -1.93. The van der Waals surface area contributed by atoms with Crippen molar-refractivity contribution in [1.82, 2.24) is 9.80 Å². The summed E-state index contributed by atoms with van der Waals surface area (Å²) in [6.07, 6.45) is -5.06. The number of carbonyl (C=O) groups excluding carboxylic acids is 2. The van der Waals surface area contributed by atoms with Gasteiger partial charge in [-0.15, -0.1) is 0 Å². The Balaban J connectivity index is 1.90. The van der Waals surface area contributed by atoms with Crippen LogP contribution >= 0.6 is 11.6 Å². The van der Waals surface area contributed by atoms with Gasteiger partial charge in [-0.1, -0.05) is 11.6 Å². The first kappa shape index (κ1) is 22.3. The van der Waals surface area contributed by atoms with Crippen LogP contribution in [0.2, 0.25) is 5.02 Å². The molecule has 1 aliphatic heterocycles. The minimum Gasteiger partial charge on any atom is -0.444 e. The second-order valence-electron chi connectivity index (χ2n) is 7.48. The molecule has 0 atom stereocenters. The Hall–Kier alpha value is -2.00. The quantitative estimate of drug-likeness (QED) is 0.805. The lowest BCUT2D eigenvalue weighted by molar-refractivity contribution is -0.137. The summed E-state index contributed by atoms with van der Waals surface area (Å²) < 4.78 is 44.6. The summed E-state index contributed by atoms with van der Waals surface area (Å²) in [4.78, 5) is 27.5. The fraction of sp³-hybridized carbons (Fsp3) is 0.556. The summed E-state index contributed by atoms with van der Waals surface area (Å²) in [6.45, 7) is 6.82. The zero-order valence-corrected chi connectivity index (χ0v) is 16.7. The monoisotopic (exact) mass is 421 g/mol. The number of amides is 2. The maximum atomic E-state index is 13.1. The van der Waals surface area contributed by atoms with Crippen LogP contribution in [-0.2, 0) is 15.7 Å². The van der Waals surface area contributed by atoms with E-state index in [1.165, 1.54) is 6.07 Å². The van der Waals surface area contributed by atoms with Gasteiger partial charge in [0.05, 0.1) is 17.8 Å². The van der Waals surface area contributed by atoms with Crippen LogP contribution in [0.3, 0.4) is 0 Å². The van der Waals surface area contributed by atoms with Crippen molar-refractivity contribution in [2.24, 2.45) is 0 Å². The Morgan fingerprint density at radius 2 is 1.75 bits per heavy atom. The molecule has 0 bridgehead atoms. The van der Waals surface area contributed by atoms with Gasteiger partial charge < -0.3 is 15.0 Å². The number of anilines is 1. The number of piperazine rings is 1. The SMILES string of the molecule is CC(C)(C)OC(=O)N1CCN(CC(=O)Nc2ccc(Cl)cc2C(F)(F)F)CC1. The van der Waals surface area contributed by atoms with Crippen LogP contribution in [0, 0.1) is 0 Å². The lowest BCUT2D eigenvalue weighted by Gasteiger charge is -2.35. The number of halogens is 4. The van der Waals surface area contributed by atoms with E-state index in [2.05, 4.69) is 5.32 Å². The number of nitrogens with one attached hydrogen (secondary N) is 1. The molecule has 0 spiro atoms. The van der Waals surface area contributed by atoms with Crippen molar-refractivity contribution in [1.29, 1.82) is 0 Å². The zero-order valence-electron chi connectivity index (χ0n) is 15.9. The third kappa shape index (κ3) is 6.56. The van der Waals surface area contributed by atoms with Gasteiger partial charge in [0, 0.05) is 31.2 Å². The molecule has 156 valence electrons. The minimum absolute atomic E-state index is 0.0661. The fourth-order valence-corrected chi connectivity index (χ4v) is 2.84. The van der Waals surface area contributed by atoms with Gasteiger partial charge in [0.2, 0.25) is 5.91 Å². The van der Waals surface area contributed by atoms with Crippen LogP contribution in [0.1, 0.15) is 26.3 Å². The Labute approximate surface area is 166 Å². The third-order valence-electron chi connectivity index (χ3n) is 3.95. The van der Waals surface area contributed by atoms with Gasteiger partial charge >= 0.3 is 12.3 Å². The van der Waals surface area contributed by atoms with Gasteiger partial charge in [0.25, 0.3) is 0 Å². The number of hydrogen-bond donors (Lipinski definition) is 1. The number of ether oxygens (including phenoxy) is 1. The van der Waals surface area contributed by atoms with Crippen molar-refractivity contribution in [2.75, 3.05) is 38.0 Å². The largest absolute Gasteiger partial charge is 0.444 e. The summed E-state index contributed by atoms with van der Waals surface area (Å²) in [5, 5.41) is 2.23. The molecule has 1 fully saturated rings. The molecule has 1 aromatic carbocycles. The van der Waals surface area contributed by atoms with Crippen LogP contribution in [-0.4, -0.2) is 60.1 Å². The molecule has 2 rings (SSSR count). The first-order valence-electron chi connectivity index (χ1n) is 8.72. The van der Waals surface area contributed by atoms with E-state index < -0.39 is 29.3 Å². The van der Waals surface area contributed by atoms with Gasteiger partial charge in [-0.05, 0) is 39.0 Å². The summed E-state index contributed by atoms with van der Waals surface area (Å²) in [6, 6.07) is 3.19. The van der Waals surface area contributed by atoms with Crippen LogP contribution < -0.4 is 5.32 Å². The van der Waals surface area contributed by atoms with Crippen molar-refractivity contribution in [2.45, 2.75) is 32.5 Å². The molecular weight excluding hydrogens is 399 g/mol. The summed E-state index contributed by atoms with van der Waals surface area (Å²) in [7, 11) is 0. The molecule has 2 amide bonds. The van der Waals surface area contributed by atoms with Gasteiger partial charge in [-0.2, -0.15) is 13.2 Å². The number of nitrogens with zero attached hydrogens (tertiary/aromatic N) is 2. The summed E-state index contributed by atoms with van der Waals surface area (Å²) >= 11 is 5.63. The Kier molecular flexibility index (Phi) is 6.82. The van der Waals surface area contributed by atoms with Crippen molar-refractivity contribution in [3.05, 3.63) is 28.8 Å². The van der Waals surface area contributed by atoms with E-state index >= 15 is 0 Å². The van der Waals surface area contributed by atoms with Crippen molar-refractivity contribution >= 4 is 29.3 Å². The lowest BCUT2D eigenvalue weighted by atomic mass is 10.1. The van der Waals surface area contributed by atoms with Crippen molar-refractivity contribution < 1.29 is 27.5 Å². The third-order valence-corrected chi connectivity index (χ3v) is 4.19. The van der Waals surface area contributed by atoms with E-state index in [4.69, 9.17) is 16.3 Å². The topological polar surface area (TPSA) is 61.9 Å². The van der Waals surface area contributed by atoms with Crippen molar-refractivity contribution in [3.8, 4) is 0 Å². The van der Waals surface area contributed by atoms with E-state index in [0.29, 0.717) is 26.2 Å². The second kappa shape index (κ2) is 8.57. The van der Waals surface area contributed by atoms with Gasteiger partial charge in [0.1, 0.15) is 5.60 Å².